The number of isocyanates is 1. The van der Waals surface area contributed by atoms with Gasteiger partial charge in [-0.1, -0.05) is 0 Å². The molecule has 0 aromatic carbocycles. The minimum Gasteiger partial charge on any atom is -0.450 e. The summed E-state index contributed by atoms with van der Waals surface area (Å²) in [5.74, 6) is 0. The van der Waals surface area contributed by atoms with Crippen LogP contribution in [0.2, 0.25) is 0 Å². The second-order valence-corrected chi connectivity index (χ2v) is 2.23. The summed E-state index contributed by atoms with van der Waals surface area (Å²) < 4.78 is 9.63. The molecule has 0 spiro atoms. The highest BCUT2D eigenvalue weighted by atomic mass is 16.5. The lowest BCUT2D eigenvalue weighted by Gasteiger charge is -2.04. The summed E-state index contributed by atoms with van der Waals surface area (Å²) in [5.41, 5.74) is 0. The second kappa shape index (κ2) is 9.70. The number of ether oxygens (including phenoxy) is 2. The van der Waals surface area contributed by atoms with Crippen molar-refractivity contribution in [2.75, 3.05) is 32.9 Å². The molecule has 0 atom stereocenters. The molecule has 0 heterocycles. The van der Waals surface area contributed by atoms with E-state index in [9.17, 15) is 9.59 Å². The van der Waals surface area contributed by atoms with Gasteiger partial charge in [-0.05, 0) is 6.92 Å². The van der Waals surface area contributed by atoms with E-state index in [2.05, 4.69) is 15.0 Å². The molecule has 14 heavy (non-hydrogen) atoms. The van der Waals surface area contributed by atoms with Gasteiger partial charge in [-0.2, -0.15) is 0 Å². The van der Waals surface area contributed by atoms with Crippen LogP contribution < -0.4 is 5.32 Å². The van der Waals surface area contributed by atoms with Gasteiger partial charge in [0.15, 0.2) is 0 Å². The normalized spacial score (nSPS) is 8.93. The van der Waals surface area contributed by atoms with Gasteiger partial charge in [-0.15, -0.1) is 0 Å². The number of alkyl carbamates (subject to hydrolysis) is 1. The summed E-state index contributed by atoms with van der Waals surface area (Å²) in [5, 5.41) is 2.48. The molecular formula is C8H14N2O4. The van der Waals surface area contributed by atoms with Crippen LogP contribution in [-0.4, -0.2) is 45.1 Å². The monoisotopic (exact) mass is 202 g/mol. The SMILES string of the molecule is CCOC(=O)NCCOCCN=C=O. The van der Waals surface area contributed by atoms with Crippen LogP contribution in [0, 0.1) is 0 Å². The van der Waals surface area contributed by atoms with E-state index in [1.807, 2.05) is 0 Å². The predicted octanol–water partition coefficient (Wildman–Crippen LogP) is 0.0849. The maximum Gasteiger partial charge on any atom is 0.407 e. The molecule has 1 amide bonds. The molecule has 0 fully saturated rings. The molecule has 0 aliphatic rings. The number of nitrogens with one attached hydrogen (secondary N) is 1. The third-order valence-electron chi connectivity index (χ3n) is 1.20. The summed E-state index contributed by atoms with van der Waals surface area (Å²) in [7, 11) is 0. The van der Waals surface area contributed by atoms with Crippen LogP contribution in [0.1, 0.15) is 6.92 Å². The van der Waals surface area contributed by atoms with Crippen LogP contribution in [0.25, 0.3) is 0 Å². The lowest BCUT2D eigenvalue weighted by atomic mass is 10.6. The predicted molar refractivity (Wildman–Crippen MR) is 48.8 cm³/mol. The molecule has 0 aliphatic carbocycles. The Labute approximate surface area is 82.3 Å². The molecule has 0 unspecified atom stereocenters. The number of carbonyl (C=O) groups is 1. The maximum absolute atomic E-state index is 10.7. The van der Waals surface area contributed by atoms with E-state index >= 15 is 0 Å². The highest BCUT2D eigenvalue weighted by Crippen LogP contribution is 1.78. The molecule has 1 N–H and O–H groups in total. The summed E-state index contributed by atoms with van der Waals surface area (Å²) >= 11 is 0. The Kier molecular flexibility index (Phi) is 8.73. The standard InChI is InChI=1S/C8H14N2O4/c1-2-14-8(12)10-4-6-13-5-3-9-7-11/h2-6H2,1H3,(H,10,12). The van der Waals surface area contributed by atoms with Gasteiger partial charge in [0.2, 0.25) is 6.08 Å². The summed E-state index contributed by atoms with van der Waals surface area (Å²) in [6, 6.07) is 0. The zero-order chi connectivity index (χ0) is 10.6. The van der Waals surface area contributed by atoms with Crippen molar-refractivity contribution in [3.63, 3.8) is 0 Å². The molecular weight excluding hydrogens is 188 g/mol. The number of amides is 1. The van der Waals surface area contributed by atoms with E-state index in [-0.39, 0.29) is 0 Å². The van der Waals surface area contributed by atoms with Crippen molar-refractivity contribution in [1.29, 1.82) is 0 Å². The van der Waals surface area contributed by atoms with Gasteiger partial charge in [-0.25, -0.2) is 14.6 Å². The quantitative estimate of drug-likeness (QED) is 0.360. The van der Waals surface area contributed by atoms with Gasteiger partial charge < -0.3 is 14.8 Å². The Morgan fingerprint density at radius 3 is 2.93 bits per heavy atom. The van der Waals surface area contributed by atoms with E-state index in [4.69, 9.17) is 4.74 Å². The third kappa shape index (κ3) is 8.70. The van der Waals surface area contributed by atoms with E-state index in [0.717, 1.165) is 0 Å². The topological polar surface area (TPSA) is 77.0 Å². The fourth-order valence-corrected chi connectivity index (χ4v) is 0.665. The molecule has 6 heteroatoms. The summed E-state index contributed by atoms with van der Waals surface area (Å²) in [6.07, 6.45) is 0.942. The van der Waals surface area contributed by atoms with Crippen LogP contribution in [0.3, 0.4) is 0 Å². The molecule has 0 bridgehead atoms. The van der Waals surface area contributed by atoms with Crippen molar-refractivity contribution in [3.05, 3.63) is 0 Å². The second-order valence-electron chi connectivity index (χ2n) is 2.23. The Bertz CT molecular complexity index is 202. The van der Waals surface area contributed by atoms with Gasteiger partial charge in [0.1, 0.15) is 0 Å². The Morgan fingerprint density at radius 1 is 1.50 bits per heavy atom. The average molecular weight is 202 g/mol. The average Bonchev–Trinajstić information content (AvgIpc) is 2.17. The molecule has 0 saturated heterocycles. The van der Waals surface area contributed by atoms with Crippen molar-refractivity contribution in [1.82, 2.24) is 5.32 Å². The van der Waals surface area contributed by atoms with Crippen molar-refractivity contribution >= 4 is 12.2 Å². The van der Waals surface area contributed by atoms with Crippen molar-refractivity contribution in [2.45, 2.75) is 6.92 Å². The van der Waals surface area contributed by atoms with Crippen LogP contribution in [0.4, 0.5) is 4.79 Å². The number of hydrogen-bond donors (Lipinski definition) is 1. The first kappa shape index (κ1) is 12.6. The van der Waals surface area contributed by atoms with Gasteiger partial charge >= 0.3 is 6.09 Å². The number of hydrogen-bond acceptors (Lipinski definition) is 5. The first-order chi connectivity index (χ1) is 6.81. The number of aliphatic imine (C=N–C) groups is 1. The lowest BCUT2D eigenvalue weighted by Crippen LogP contribution is -2.28. The lowest BCUT2D eigenvalue weighted by molar-refractivity contribution is 0.128. The smallest absolute Gasteiger partial charge is 0.407 e. The van der Waals surface area contributed by atoms with Gasteiger partial charge in [0, 0.05) is 6.54 Å². The van der Waals surface area contributed by atoms with Crippen LogP contribution in [0.5, 0.6) is 0 Å². The fraction of sp³-hybridized carbons (Fsp3) is 0.750. The Balaban J connectivity index is 3.13. The Hall–Kier alpha value is -1.39. The zero-order valence-electron chi connectivity index (χ0n) is 8.12. The first-order valence-electron chi connectivity index (χ1n) is 4.33. The van der Waals surface area contributed by atoms with E-state index < -0.39 is 6.09 Å². The molecule has 0 aromatic rings. The molecule has 6 nitrogen and oxygen atoms in total. The summed E-state index contributed by atoms with van der Waals surface area (Å²) in [6.45, 7) is 3.47. The van der Waals surface area contributed by atoms with E-state index in [0.29, 0.717) is 32.9 Å². The molecule has 0 radical (unpaired) electrons. The first-order valence-corrected chi connectivity index (χ1v) is 4.33. The van der Waals surface area contributed by atoms with Crippen LogP contribution in [0.15, 0.2) is 4.99 Å². The fourth-order valence-electron chi connectivity index (χ4n) is 0.665. The van der Waals surface area contributed by atoms with E-state index in [1.54, 1.807) is 6.92 Å². The zero-order valence-corrected chi connectivity index (χ0v) is 8.12. The minimum atomic E-state index is -0.456. The highest BCUT2D eigenvalue weighted by Gasteiger charge is 1.97. The van der Waals surface area contributed by atoms with Crippen molar-refractivity contribution in [3.8, 4) is 0 Å². The molecule has 0 rings (SSSR count). The van der Waals surface area contributed by atoms with Crippen LogP contribution in [-0.2, 0) is 14.3 Å². The van der Waals surface area contributed by atoms with Gasteiger partial charge in [0.05, 0.1) is 26.4 Å². The van der Waals surface area contributed by atoms with Crippen LogP contribution >= 0.6 is 0 Å². The van der Waals surface area contributed by atoms with Crippen molar-refractivity contribution < 1.29 is 19.1 Å². The third-order valence-corrected chi connectivity index (χ3v) is 1.20. The van der Waals surface area contributed by atoms with Gasteiger partial charge in [-0.3, -0.25) is 0 Å². The molecule has 0 aliphatic heterocycles. The summed E-state index contributed by atoms with van der Waals surface area (Å²) in [4.78, 5) is 23.6. The number of carbonyl (C=O) groups excluding carboxylic acids is 2. The highest BCUT2D eigenvalue weighted by molar-refractivity contribution is 5.66. The molecule has 80 valence electrons. The molecule has 0 aromatic heterocycles. The van der Waals surface area contributed by atoms with Gasteiger partial charge in [0.25, 0.3) is 0 Å². The number of rotatable bonds is 7. The Morgan fingerprint density at radius 2 is 2.29 bits per heavy atom. The van der Waals surface area contributed by atoms with E-state index in [1.165, 1.54) is 6.08 Å². The molecule has 0 saturated carbocycles. The van der Waals surface area contributed by atoms with Crippen molar-refractivity contribution in [2.24, 2.45) is 4.99 Å². The minimum absolute atomic E-state index is 0.295. The number of nitrogens with zero attached hydrogens (tertiary/aromatic N) is 1. The largest absolute Gasteiger partial charge is 0.450 e. The maximum atomic E-state index is 10.7.